The molecule has 0 amide bonds. The van der Waals surface area contributed by atoms with Gasteiger partial charge in [0.25, 0.3) is 0 Å². The molecule has 1 unspecified atom stereocenters. The zero-order valence-corrected chi connectivity index (χ0v) is 11.5. The van der Waals surface area contributed by atoms with Crippen LogP contribution in [0.25, 0.3) is 0 Å². The molecule has 0 bridgehead atoms. The third-order valence-electron chi connectivity index (χ3n) is 4.01. The van der Waals surface area contributed by atoms with Crippen LogP contribution in [0.1, 0.15) is 30.3 Å². The summed E-state index contributed by atoms with van der Waals surface area (Å²) in [7, 11) is 2.17. The molecule has 19 heavy (non-hydrogen) atoms. The monoisotopic (exact) mass is 260 g/mol. The lowest BCUT2D eigenvalue weighted by Gasteiger charge is -2.25. The Labute approximate surface area is 113 Å². The summed E-state index contributed by atoms with van der Waals surface area (Å²) in [5, 5.41) is 8.42. The van der Waals surface area contributed by atoms with Crippen molar-refractivity contribution in [3.05, 3.63) is 35.8 Å². The molecule has 1 aliphatic heterocycles. The van der Waals surface area contributed by atoms with Gasteiger partial charge in [-0.2, -0.15) is 0 Å². The Bertz CT molecular complexity index is 532. The molecule has 5 heteroatoms. The maximum absolute atomic E-state index is 5.42. The molecule has 1 aliphatic rings. The van der Waals surface area contributed by atoms with E-state index in [-0.39, 0.29) is 0 Å². The quantitative estimate of drug-likeness (QED) is 0.847. The molecule has 0 saturated carbocycles. The first-order chi connectivity index (χ1) is 9.24. The SMILES string of the molecule is Cc1nnc2n1CCC(N(C)Cc1ccco1)CC2. The van der Waals surface area contributed by atoms with Gasteiger partial charge in [0.15, 0.2) is 0 Å². The Balaban J connectivity index is 1.65. The molecule has 0 aliphatic carbocycles. The summed E-state index contributed by atoms with van der Waals surface area (Å²) in [5.74, 6) is 3.19. The number of aryl methyl sites for hydroxylation is 2. The van der Waals surface area contributed by atoms with E-state index in [1.165, 1.54) is 0 Å². The average Bonchev–Trinajstić information content (AvgIpc) is 2.95. The first-order valence-electron chi connectivity index (χ1n) is 6.85. The van der Waals surface area contributed by atoms with E-state index in [0.29, 0.717) is 6.04 Å². The second-order valence-corrected chi connectivity index (χ2v) is 5.29. The van der Waals surface area contributed by atoms with Gasteiger partial charge in [0.1, 0.15) is 17.4 Å². The highest BCUT2D eigenvalue weighted by Crippen LogP contribution is 2.20. The van der Waals surface area contributed by atoms with Gasteiger partial charge in [0, 0.05) is 19.0 Å². The topological polar surface area (TPSA) is 47.1 Å². The summed E-state index contributed by atoms with van der Waals surface area (Å²) in [4.78, 5) is 2.38. The Morgan fingerprint density at radius 2 is 2.32 bits per heavy atom. The van der Waals surface area contributed by atoms with Gasteiger partial charge < -0.3 is 8.98 Å². The van der Waals surface area contributed by atoms with E-state index in [4.69, 9.17) is 4.42 Å². The highest BCUT2D eigenvalue weighted by Gasteiger charge is 2.22. The molecule has 0 spiro atoms. The second kappa shape index (κ2) is 5.17. The molecule has 2 aromatic heterocycles. The van der Waals surface area contributed by atoms with Gasteiger partial charge in [-0.05, 0) is 38.9 Å². The maximum atomic E-state index is 5.42. The van der Waals surface area contributed by atoms with Crippen molar-refractivity contribution in [2.75, 3.05) is 7.05 Å². The standard InChI is InChI=1S/C14H20N4O/c1-11-15-16-14-6-5-12(7-8-18(11)14)17(2)10-13-4-3-9-19-13/h3-4,9,12H,5-8,10H2,1-2H3. The van der Waals surface area contributed by atoms with E-state index < -0.39 is 0 Å². The average molecular weight is 260 g/mol. The molecule has 0 saturated heterocycles. The molecule has 3 heterocycles. The first kappa shape index (κ1) is 12.4. The molecule has 3 rings (SSSR count). The molecule has 0 aromatic carbocycles. The third-order valence-corrected chi connectivity index (χ3v) is 4.01. The molecule has 2 aromatic rings. The number of nitrogens with zero attached hydrogens (tertiary/aromatic N) is 4. The van der Waals surface area contributed by atoms with Crippen molar-refractivity contribution in [3.63, 3.8) is 0 Å². The number of furan rings is 1. The highest BCUT2D eigenvalue weighted by molar-refractivity contribution is 5.00. The predicted octanol–water partition coefficient (Wildman–Crippen LogP) is 2.02. The van der Waals surface area contributed by atoms with Crippen molar-refractivity contribution in [2.24, 2.45) is 0 Å². The Morgan fingerprint density at radius 1 is 1.42 bits per heavy atom. The number of hydrogen-bond donors (Lipinski definition) is 0. The first-order valence-corrected chi connectivity index (χ1v) is 6.85. The van der Waals surface area contributed by atoms with Crippen LogP contribution in [0.15, 0.2) is 22.8 Å². The molecule has 102 valence electrons. The highest BCUT2D eigenvalue weighted by atomic mass is 16.3. The Hall–Kier alpha value is -1.62. The van der Waals surface area contributed by atoms with Crippen LogP contribution in [0, 0.1) is 6.92 Å². The molecular weight excluding hydrogens is 240 g/mol. The Morgan fingerprint density at radius 3 is 3.11 bits per heavy atom. The van der Waals surface area contributed by atoms with Gasteiger partial charge >= 0.3 is 0 Å². The number of hydrogen-bond acceptors (Lipinski definition) is 4. The van der Waals surface area contributed by atoms with E-state index in [1.54, 1.807) is 6.26 Å². The van der Waals surface area contributed by atoms with Crippen molar-refractivity contribution in [3.8, 4) is 0 Å². The van der Waals surface area contributed by atoms with E-state index in [1.807, 2.05) is 19.1 Å². The largest absolute Gasteiger partial charge is 0.468 e. The van der Waals surface area contributed by atoms with Crippen LogP contribution in [-0.2, 0) is 19.5 Å². The number of aromatic nitrogens is 3. The van der Waals surface area contributed by atoms with Crippen molar-refractivity contribution in [1.82, 2.24) is 19.7 Å². The molecule has 5 nitrogen and oxygen atoms in total. The van der Waals surface area contributed by atoms with Gasteiger partial charge in [0.05, 0.1) is 12.8 Å². The third kappa shape index (κ3) is 2.56. The van der Waals surface area contributed by atoms with Crippen LogP contribution in [-0.4, -0.2) is 32.8 Å². The summed E-state index contributed by atoms with van der Waals surface area (Å²) in [6.45, 7) is 3.92. The van der Waals surface area contributed by atoms with E-state index in [2.05, 4.69) is 26.7 Å². The van der Waals surface area contributed by atoms with Crippen LogP contribution in [0.3, 0.4) is 0 Å². The smallest absolute Gasteiger partial charge is 0.133 e. The van der Waals surface area contributed by atoms with Gasteiger partial charge in [-0.3, -0.25) is 4.90 Å². The van der Waals surface area contributed by atoms with Crippen LogP contribution < -0.4 is 0 Å². The number of fused-ring (bicyclic) bond motifs is 1. The second-order valence-electron chi connectivity index (χ2n) is 5.29. The summed E-state index contributed by atoms with van der Waals surface area (Å²) in [5.41, 5.74) is 0. The maximum Gasteiger partial charge on any atom is 0.133 e. The Kier molecular flexibility index (Phi) is 3.38. The minimum Gasteiger partial charge on any atom is -0.468 e. The lowest BCUT2D eigenvalue weighted by Crippen LogP contribution is -2.31. The summed E-state index contributed by atoms with van der Waals surface area (Å²) in [6, 6.07) is 4.55. The van der Waals surface area contributed by atoms with E-state index >= 15 is 0 Å². The molecular formula is C14H20N4O. The van der Waals surface area contributed by atoms with Crippen molar-refractivity contribution in [2.45, 2.75) is 45.3 Å². The zero-order valence-electron chi connectivity index (χ0n) is 11.5. The fourth-order valence-corrected chi connectivity index (χ4v) is 2.84. The molecule has 0 N–H and O–H groups in total. The zero-order chi connectivity index (χ0) is 13.2. The van der Waals surface area contributed by atoms with Gasteiger partial charge in [-0.25, -0.2) is 0 Å². The predicted molar refractivity (Wildman–Crippen MR) is 71.7 cm³/mol. The summed E-state index contributed by atoms with van der Waals surface area (Å²) in [6.07, 6.45) is 5.02. The van der Waals surface area contributed by atoms with Gasteiger partial charge in [0.2, 0.25) is 0 Å². The lowest BCUT2D eigenvalue weighted by molar-refractivity contribution is 0.196. The van der Waals surface area contributed by atoms with Crippen LogP contribution >= 0.6 is 0 Å². The van der Waals surface area contributed by atoms with Crippen LogP contribution in [0.4, 0.5) is 0 Å². The van der Waals surface area contributed by atoms with Gasteiger partial charge in [-0.15, -0.1) is 10.2 Å². The minimum absolute atomic E-state index is 0.575. The van der Waals surface area contributed by atoms with Crippen LogP contribution in [0.5, 0.6) is 0 Å². The van der Waals surface area contributed by atoms with Crippen molar-refractivity contribution < 1.29 is 4.42 Å². The fraction of sp³-hybridized carbons (Fsp3) is 0.571. The molecule has 0 radical (unpaired) electrons. The van der Waals surface area contributed by atoms with E-state index in [0.717, 1.165) is 49.8 Å². The fourth-order valence-electron chi connectivity index (χ4n) is 2.84. The van der Waals surface area contributed by atoms with Crippen molar-refractivity contribution >= 4 is 0 Å². The van der Waals surface area contributed by atoms with E-state index in [9.17, 15) is 0 Å². The minimum atomic E-state index is 0.575. The summed E-state index contributed by atoms with van der Waals surface area (Å²) < 4.78 is 7.67. The van der Waals surface area contributed by atoms with Crippen molar-refractivity contribution in [1.29, 1.82) is 0 Å². The number of rotatable bonds is 3. The summed E-state index contributed by atoms with van der Waals surface area (Å²) >= 11 is 0. The lowest BCUT2D eigenvalue weighted by atomic mass is 10.1. The van der Waals surface area contributed by atoms with Gasteiger partial charge in [-0.1, -0.05) is 0 Å². The molecule has 0 fully saturated rings. The van der Waals surface area contributed by atoms with Crippen LogP contribution in [0.2, 0.25) is 0 Å². The molecule has 1 atom stereocenters. The normalized spacial score (nSPS) is 19.4.